The zero-order valence-corrected chi connectivity index (χ0v) is 8.76. The first-order valence-corrected chi connectivity index (χ1v) is 5.58. The van der Waals surface area contributed by atoms with Gasteiger partial charge in [0.2, 0.25) is 0 Å². The molecule has 0 heterocycles. The highest BCUT2D eigenvalue weighted by Crippen LogP contribution is 2.28. The van der Waals surface area contributed by atoms with Gasteiger partial charge in [-0.25, -0.2) is 0 Å². The van der Waals surface area contributed by atoms with E-state index in [0.29, 0.717) is 5.92 Å². The van der Waals surface area contributed by atoms with Crippen molar-refractivity contribution in [1.29, 1.82) is 0 Å². The molecule has 0 aromatic rings. The van der Waals surface area contributed by atoms with Gasteiger partial charge >= 0.3 is 0 Å². The predicted molar refractivity (Wildman–Crippen MR) is 56.6 cm³/mol. The van der Waals surface area contributed by atoms with Crippen molar-refractivity contribution in [1.82, 2.24) is 0 Å². The number of aliphatic hydroxyl groups excluding tert-OH is 1. The number of hydrogen-bond donors (Lipinski definition) is 1. The summed E-state index contributed by atoms with van der Waals surface area (Å²) < 4.78 is 0. The minimum atomic E-state index is -0.0641. The summed E-state index contributed by atoms with van der Waals surface area (Å²) in [7, 11) is 0. The molecule has 0 amide bonds. The third-order valence-corrected chi connectivity index (χ3v) is 3.17. The van der Waals surface area contributed by atoms with Crippen molar-refractivity contribution in [2.75, 3.05) is 0 Å². The Morgan fingerprint density at radius 1 is 1.31 bits per heavy atom. The topological polar surface area (TPSA) is 20.2 Å². The molecule has 1 saturated carbocycles. The Labute approximate surface area is 81.9 Å². The fourth-order valence-corrected chi connectivity index (χ4v) is 2.12. The van der Waals surface area contributed by atoms with Crippen LogP contribution in [0, 0.1) is 5.92 Å². The van der Waals surface area contributed by atoms with Crippen molar-refractivity contribution in [3.63, 3.8) is 0 Å². The van der Waals surface area contributed by atoms with Crippen molar-refractivity contribution in [2.24, 2.45) is 5.92 Å². The van der Waals surface area contributed by atoms with Gasteiger partial charge in [-0.1, -0.05) is 38.3 Å². The molecule has 1 nitrogen and oxygen atoms in total. The third-order valence-electron chi connectivity index (χ3n) is 3.17. The fraction of sp³-hybridized carbons (Fsp3) is 0.833. The zero-order chi connectivity index (χ0) is 9.68. The summed E-state index contributed by atoms with van der Waals surface area (Å²) in [4.78, 5) is 0. The maximum atomic E-state index is 9.85. The summed E-state index contributed by atoms with van der Waals surface area (Å²) in [5.41, 5.74) is 1.30. The molecule has 0 unspecified atom stereocenters. The molecular weight excluding hydrogens is 160 g/mol. The summed E-state index contributed by atoms with van der Waals surface area (Å²) in [6.07, 6.45) is 8.02. The molecule has 0 spiro atoms. The molecule has 2 atom stereocenters. The number of aliphatic hydroxyl groups is 1. The van der Waals surface area contributed by atoms with Crippen LogP contribution < -0.4 is 0 Å². The number of allylic oxidation sites excluding steroid dienone is 1. The summed E-state index contributed by atoms with van der Waals surface area (Å²) in [6, 6.07) is 0. The minimum absolute atomic E-state index is 0.0641. The van der Waals surface area contributed by atoms with Gasteiger partial charge < -0.3 is 5.11 Å². The van der Waals surface area contributed by atoms with E-state index in [1.807, 2.05) is 0 Å². The van der Waals surface area contributed by atoms with Crippen LogP contribution in [0.4, 0.5) is 0 Å². The highest BCUT2D eigenvalue weighted by molar-refractivity contribution is 4.96. The van der Waals surface area contributed by atoms with E-state index in [4.69, 9.17) is 0 Å². The van der Waals surface area contributed by atoms with E-state index < -0.39 is 0 Å². The summed E-state index contributed by atoms with van der Waals surface area (Å²) in [6.45, 7) is 6.17. The van der Waals surface area contributed by atoms with Crippen LogP contribution in [0.15, 0.2) is 12.2 Å². The van der Waals surface area contributed by atoms with Gasteiger partial charge in [-0.05, 0) is 31.6 Å². The number of hydrogen-bond acceptors (Lipinski definition) is 1. The van der Waals surface area contributed by atoms with Crippen molar-refractivity contribution in [3.8, 4) is 0 Å². The van der Waals surface area contributed by atoms with Crippen LogP contribution in [-0.2, 0) is 0 Å². The Hall–Kier alpha value is -0.300. The second-order valence-electron chi connectivity index (χ2n) is 4.27. The molecule has 13 heavy (non-hydrogen) atoms. The van der Waals surface area contributed by atoms with E-state index in [2.05, 4.69) is 13.5 Å². The maximum Gasteiger partial charge on any atom is 0.0571 e. The Bertz CT molecular complexity index is 163. The van der Waals surface area contributed by atoms with Crippen LogP contribution in [0.5, 0.6) is 0 Å². The van der Waals surface area contributed by atoms with Crippen LogP contribution in [-0.4, -0.2) is 11.2 Å². The van der Waals surface area contributed by atoms with Crippen LogP contribution >= 0.6 is 0 Å². The average Bonchev–Trinajstić information content (AvgIpc) is 2.32. The van der Waals surface area contributed by atoms with Crippen LogP contribution in [0.1, 0.15) is 51.9 Å². The highest BCUT2D eigenvalue weighted by atomic mass is 16.3. The lowest BCUT2D eigenvalue weighted by molar-refractivity contribution is 0.100. The van der Waals surface area contributed by atoms with Crippen LogP contribution in [0.3, 0.4) is 0 Å². The summed E-state index contributed by atoms with van der Waals surface area (Å²) >= 11 is 0. The fourth-order valence-electron chi connectivity index (χ4n) is 2.12. The third kappa shape index (κ3) is 3.51. The molecule has 0 saturated heterocycles. The quantitative estimate of drug-likeness (QED) is 0.524. The van der Waals surface area contributed by atoms with Crippen molar-refractivity contribution in [3.05, 3.63) is 12.2 Å². The minimum Gasteiger partial charge on any atom is -0.393 e. The molecule has 0 bridgehead atoms. The zero-order valence-electron chi connectivity index (χ0n) is 8.76. The van der Waals surface area contributed by atoms with E-state index in [9.17, 15) is 5.11 Å². The molecule has 1 N–H and O–H groups in total. The van der Waals surface area contributed by atoms with Gasteiger partial charge in [-0.3, -0.25) is 0 Å². The van der Waals surface area contributed by atoms with Gasteiger partial charge in [0, 0.05) is 0 Å². The second-order valence-corrected chi connectivity index (χ2v) is 4.27. The highest BCUT2D eigenvalue weighted by Gasteiger charge is 2.21. The second kappa shape index (κ2) is 5.43. The molecule has 0 aromatic carbocycles. The SMILES string of the molecule is C=C(CC)C[C@@H]1CCCCC[C@H]1O. The van der Waals surface area contributed by atoms with E-state index in [1.54, 1.807) is 0 Å². The van der Waals surface area contributed by atoms with E-state index in [-0.39, 0.29) is 6.10 Å². The molecule has 1 aliphatic carbocycles. The van der Waals surface area contributed by atoms with Gasteiger partial charge in [0.25, 0.3) is 0 Å². The van der Waals surface area contributed by atoms with E-state index in [0.717, 1.165) is 19.3 Å². The normalized spacial score (nSPS) is 29.7. The first-order valence-electron chi connectivity index (χ1n) is 5.58. The maximum absolute atomic E-state index is 9.85. The van der Waals surface area contributed by atoms with Crippen LogP contribution in [0.2, 0.25) is 0 Å². The molecular formula is C12H22O. The first kappa shape index (κ1) is 10.8. The first-order chi connectivity index (χ1) is 6.24. The van der Waals surface area contributed by atoms with Gasteiger partial charge in [-0.2, -0.15) is 0 Å². The largest absolute Gasteiger partial charge is 0.393 e. The van der Waals surface area contributed by atoms with Gasteiger partial charge in [-0.15, -0.1) is 0 Å². The average molecular weight is 182 g/mol. The van der Waals surface area contributed by atoms with Gasteiger partial charge in [0.05, 0.1) is 6.10 Å². The van der Waals surface area contributed by atoms with E-state index >= 15 is 0 Å². The molecule has 0 radical (unpaired) electrons. The molecule has 76 valence electrons. The molecule has 1 aliphatic rings. The van der Waals surface area contributed by atoms with Gasteiger partial charge in [0.1, 0.15) is 0 Å². The van der Waals surface area contributed by atoms with Crippen molar-refractivity contribution < 1.29 is 5.11 Å². The molecule has 0 aromatic heterocycles. The van der Waals surface area contributed by atoms with Gasteiger partial charge in [0.15, 0.2) is 0 Å². The van der Waals surface area contributed by atoms with E-state index in [1.165, 1.54) is 31.3 Å². The standard InChI is InChI=1S/C12H22O/c1-3-10(2)9-11-7-5-4-6-8-12(11)13/h11-13H,2-9H2,1H3/t11-,12+/m0/s1. The molecule has 1 heteroatoms. The Morgan fingerprint density at radius 3 is 2.69 bits per heavy atom. The lowest BCUT2D eigenvalue weighted by Crippen LogP contribution is -2.19. The summed E-state index contributed by atoms with van der Waals surface area (Å²) in [5, 5.41) is 9.85. The molecule has 0 aliphatic heterocycles. The Kier molecular flexibility index (Phi) is 4.51. The van der Waals surface area contributed by atoms with Crippen molar-refractivity contribution in [2.45, 2.75) is 58.0 Å². The Morgan fingerprint density at radius 2 is 2.00 bits per heavy atom. The van der Waals surface area contributed by atoms with Crippen LogP contribution in [0.25, 0.3) is 0 Å². The number of rotatable bonds is 3. The predicted octanol–water partition coefficient (Wildman–Crippen LogP) is 3.28. The molecule has 1 fully saturated rings. The smallest absolute Gasteiger partial charge is 0.0571 e. The summed E-state index contributed by atoms with van der Waals surface area (Å²) in [5.74, 6) is 0.495. The lowest BCUT2D eigenvalue weighted by atomic mass is 9.90. The molecule has 1 rings (SSSR count). The monoisotopic (exact) mass is 182 g/mol. The van der Waals surface area contributed by atoms with Crippen molar-refractivity contribution >= 4 is 0 Å². The Balaban J connectivity index is 2.40. The lowest BCUT2D eigenvalue weighted by Gasteiger charge is -2.20.